The molecule has 0 N–H and O–H groups in total. The number of nitrogens with zero attached hydrogens (tertiary/aromatic N) is 1. The molecule has 0 unspecified atom stereocenters. The molecule has 0 atom stereocenters. The summed E-state index contributed by atoms with van der Waals surface area (Å²) in [6, 6.07) is 21.5. The molecular weight excluding hydrogens is 270 g/mol. The van der Waals surface area contributed by atoms with Gasteiger partial charge in [-0.05, 0) is 11.1 Å². The summed E-state index contributed by atoms with van der Waals surface area (Å²) < 4.78 is 8.42. The second-order valence-corrected chi connectivity index (χ2v) is 5.96. The Balaban J connectivity index is 2.22. The van der Waals surface area contributed by atoms with Gasteiger partial charge in [-0.2, -0.15) is 0 Å². The highest BCUT2D eigenvalue weighted by Crippen LogP contribution is 2.41. The second kappa shape index (κ2) is 6.35. The van der Waals surface area contributed by atoms with Crippen molar-refractivity contribution in [2.24, 2.45) is 0 Å². The van der Waals surface area contributed by atoms with Crippen LogP contribution in [-0.2, 0) is 10.2 Å². The standard InChI is InChI=1S/C20H24NO/c1-3-15-21(2)19-20(14-16-22-19,17-10-6-4-7-11-17)18-12-8-5-9-13-18/h4-13H,3,14-16H2,1-2H3/q+1. The number of ether oxygens (including phenoxy) is 1. The lowest BCUT2D eigenvalue weighted by molar-refractivity contribution is -0.507. The third kappa shape index (κ3) is 2.43. The molecule has 0 bridgehead atoms. The summed E-state index contributed by atoms with van der Waals surface area (Å²) in [6.07, 6.45) is 2.10. The molecule has 2 nitrogen and oxygen atoms in total. The largest absolute Gasteiger partial charge is 0.447 e. The van der Waals surface area contributed by atoms with Crippen LogP contribution in [-0.4, -0.2) is 30.7 Å². The van der Waals surface area contributed by atoms with Crippen LogP contribution in [0, 0.1) is 0 Å². The zero-order valence-electron chi connectivity index (χ0n) is 13.5. The topological polar surface area (TPSA) is 12.2 Å². The molecule has 3 rings (SSSR count). The molecule has 2 aromatic carbocycles. The van der Waals surface area contributed by atoms with Gasteiger partial charge < -0.3 is 4.74 Å². The first-order valence-electron chi connectivity index (χ1n) is 8.11. The highest BCUT2D eigenvalue weighted by Gasteiger charge is 2.50. The van der Waals surface area contributed by atoms with E-state index < -0.39 is 0 Å². The zero-order chi connectivity index (χ0) is 15.4. The van der Waals surface area contributed by atoms with Gasteiger partial charge in [-0.15, -0.1) is 0 Å². The van der Waals surface area contributed by atoms with Gasteiger partial charge in [0, 0.05) is 12.8 Å². The van der Waals surface area contributed by atoms with E-state index >= 15 is 0 Å². The molecule has 0 aliphatic carbocycles. The van der Waals surface area contributed by atoms with Crippen molar-refractivity contribution in [3.05, 3.63) is 71.8 Å². The van der Waals surface area contributed by atoms with E-state index in [2.05, 4.69) is 79.2 Å². The highest BCUT2D eigenvalue weighted by molar-refractivity contribution is 5.90. The van der Waals surface area contributed by atoms with Crippen molar-refractivity contribution in [3.8, 4) is 0 Å². The predicted molar refractivity (Wildman–Crippen MR) is 90.6 cm³/mol. The molecule has 1 saturated heterocycles. The normalized spacial score (nSPS) is 18.8. The Morgan fingerprint density at radius 2 is 1.50 bits per heavy atom. The van der Waals surface area contributed by atoms with E-state index in [0.29, 0.717) is 0 Å². The van der Waals surface area contributed by atoms with Crippen molar-refractivity contribution in [3.63, 3.8) is 0 Å². The minimum absolute atomic E-state index is 0.160. The van der Waals surface area contributed by atoms with Crippen LogP contribution in [0.2, 0.25) is 0 Å². The van der Waals surface area contributed by atoms with Gasteiger partial charge in [0.25, 0.3) is 0 Å². The Kier molecular flexibility index (Phi) is 4.28. The van der Waals surface area contributed by atoms with Crippen LogP contribution in [0.3, 0.4) is 0 Å². The van der Waals surface area contributed by atoms with E-state index in [1.807, 2.05) is 0 Å². The fourth-order valence-corrected chi connectivity index (χ4v) is 3.55. The molecule has 2 heteroatoms. The van der Waals surface area contributed by atoms with Crippen LogP contribution in [0.1, 0.15) is 30.9 Å². The molecule has 1 aliphatic rings. The molecule has 114 valence electrons. The summed E-state index contributed by atoms with van der Waals surface area (Å²) in [5, 5.41) is 0. The van der Waals surface area contributed by atoms with Gasteiger partial charge in [0.1, 0.15) is 19.0 Å². The number of hydrogen-bond acceptors (Lipinski definition) is 1. The summed E-state index contributed by atoms with van der Waals surface area (Å²) in [5.74, 6) is 1.09. The lowest BCUT2D eigenvalue weighted by Gasteiger charge is -2.26. The minimum atomic E-state index is -0.160. The van der Waals surface area contributed by atoms with Gasteiger partial charge in [-0.25, -0.2) is 4.58 Å². The Labute approximate surface area is 133 Å². The van der Waals surface area contributed by atoms with Crippen molar-refractivity contribution in [2.75, 3.05) is 20.2 Å². The summed E-state index contributed by atoms with van der Waals surface area (Å²) >= 11 is 0. The van der Waals surface area contributed by atoms with Gasteiger partial charge in [-0.3, -0.25) is 0 Å². The fourth-order valence-electron chi connectivity index (χ4n) is 3.55. The SMILES string of the molecule is CCC[N+](C)=C1OCCC1(c1ccccc1)c1ccccc1. The summed E-state index contributed by atoms with van der Waals surface area (Å²) in [7, 11) is 2.14. The molecule has 1 heterocycles. The quantitative estimate of drug-likeness (QED) is 0.780. The maximum absolute atomic E-state index is 6.13. The first-order valence-corrected chi connectivity index (χ1v) is 8.11. The van der Waals surface area contributed by atoms with Crippen LogP contribution in [0.5, 0.6) is 0 Å². The molecule has 0 aromatic heterocycles. The van der Waals surface area contributed by atoms with Gasteiger partial charge in [0.05, 0.1) is 6.61 Å². The molecule has 2 aromatic rings. The lowest BCUT2D eigenvalue weighted by Crippen LogP contribution is -2.38. The molecule has 0 saturated carbocycles. The van der Waals surface area contributed by atoms with Crippen LogP contribution in [0.4, 0.5) is 0 Å². The Morgan fingerprint density at radius 3 is 2.00 bits per heavy atom. The predicted octanol–water partition coefficient (Wildman–Crippen LogP) is 3.84. The van der Waals surface area contributed by atoms with Crippen LogP contribution in [0.15, 0.2) is 60.7 Å². The number of benzene rings is 2. The summed E-state index contributed by atoms with van der Waals surface area (Å²) in [6.45, 7) is 3.99. The van der Waals surface area contributed by atoms with Gasteiger partial charge >= 0.3 is 5.90 Å². The number of rotatable bonds is 4. The third-order valence-corrected chi connectivity index (χ3v) is 4.52. The lowest BCUT2D eigenvalue weighted by atomic mass is 9.73. The van der Waals surface area contributed by atoms with Gasteiger partial charge in [-0.1, -0.05) is 67.6 Å². The zero-order valence-corrected chi connectivity index (χ0v) is 13.5. The maximum atomic E-state index is 6.13. The first kappa shape index (κ1) is 14.8. The van der Waals surface area contributed by atoms with Crippen molar-refractivity contribution in [1.82, 2.24) is 0 Å². The minimum Gasteiger partial charge on any atom is -0.447 e. The molecule has 0 amide bonds. The Morgan fingerprint density at radius 1 is 0.955 bits per heavy atom. The van der Waals surface area contributed by atoms with E-state index in [1.165, 1.54) is 11.1 Å². The van der Waals surface area contributed by atoms with E-state index in [0.717, 1.165) is 31.9 Å². The average molecular weight is 294 g/mol. The van der Waals surface area contributed by atoms with Gasteiger partial charge in [0.15, 0.2) is 0 Å². The maximum Gasteiger partial charge on any atom is 0.351 e. The van der Waals surface area contributed by atoms with Crippen molar-refractivity contribution in [2.45, 2.75) is 25.2 Å². The molecular formula is C20H24NO+. The van der Waals surface area contributed by atoms with E-state index in [-0.39, 0.29) is 5.41 Å². The van der Waals surface area contributed by atoms with Crippen LogP contribution < -0.4 is 0 Å². The van der Waals surface area contributed by atoms with Crippen molar-refractivity contribution < 1.29 is 9.31 Å². The van der Waals surface area contributed by atoms with Crippen LogP contribution >= 0.6 is 0 Å². The second-order valence-electron chi connectivity index (χ2n) is 5.96. The molecule has 22 heavy (non-hydrogen) atoms. The van der Waals surface area contributed by atoms with Crippen molar-refractivity contribution in [1.29, 1.82) is 0 Å². The summed E-state index contributed by atoms with van der Waals surface area (Å²) in [4.78, 5) is 0. The Hall–Kier alpha value is -2.09. The Bertz CT molecular complexity index is 606. The fraction of sp³-hybridized carbons (Fsp3) is 0.350. The molecule has 0 radical (unpaired) electrons. The van der Waals surface area contributed by atoms with Gasteiger partial charge in [0.2, 0.25) is 0 Å². The molecule has 1 aliphatic heterocycles. The molecule has 1 fully saturated rings. The van der Waals surface area contributed by atoms with Crippen LogP contribution in [0.25, 0.3) is 0 Å². The monoisotopic (exact) mass is 294 g/mol. The van der Waals surface area contributed by atoms with E-state index in [9.17, 15) is 0 Å². The van der Waals surface area contributed by atoms with E-state index in [4.69, 9.17) is 4.74 Å². The van der Waals surface area contributed by atoms with Crippen molar-refractivity contribution >= 4 is 5.90 Å². The summed E-state index contributed by atoms with van der Waals surface area (Å²) in [5.41, 5.74) is 2.47. The third-order valence-electron chi connectivity index (χ3n) is 4.52. The van der Waals surface area contributed by atoms with E-state index in [1.54, 1.807) is 0 Å². The first-order chi connectivity index (χ1) is 10.8. The number of hydrogen-bond donors (Lipinski definition) is 0. The highest BCUT2D eigenvalue weighted by atomic mass is 16.5. The molecule has 0 spiro atoms. The average Bonchev–Trinajstić information content (AvgIpc) is 3.03. The smallest absolute Gasteiger partial charge is 0.351 e.